The molecule has 7 heteroatoms. The predicted octanol–water partition coefficient (Wildman–Crippen LogP) is 3.66. The third-order valence-electron chi connectivity index (χ3n) is 4.65. The highest BCUT2D eigenvalue weighted by molar-refractivity contribution is 5.94. The van der Waals surface area contributed by atoms with E-state index in [2.05, 4.69) is 5.32 Å². The van der Waals surface area contributed by atoms with Crippen molar-refractivity contribution in [3.8, 4) is 23.0 Å². The van der Waals surface area contributed by atoms with E-state index in [1.54, 1.807) is 18.2 Å². The smallest absolute Gasteiger partial charge is 0.231 e. The molecule has 1 N–H and O–H groups in total. The second-order valence-corrected chi connectivity index (χ2v) is 6.78. The summed E-state index contributed by atoms with van der Waals surface area (Å²) < 4.78 is 21.7. The van der Waals surface area contributed by atoms with Crippen LogP contribution in [-0.4, -0.2) is 32.2 Å². The molecule has 0 aliphatic carbocycles. The highest BCUT2D eigenvalue weighted by Gasteiger charge is 2.17. The summed E-state index contributed by atoms with van der Waals surface area (Å²) in [7, 11) is 1.52. The molecule has 2 aromatic carbocycles. The molecule has 1 amide bonds. The Morgan fingerprint density at radius 3 is 2.66 bits per heavy atom. The minimum Gasteiger partial charge on any atom is -0.493 e. The van der Waals surface area contributed by atoms with Gasteiger partial charge >= 0.3 is 0 Å². The van der Waals surface area contributed by atoms with Crippen molar-refractivity contribution in [3.63, 3.8) is 0 Å². The van der Waals surface area contributed by atoms with Gasteiger partial charge in [-0.1, -0.05) is 6.07 Å². The first-order chi connectivity index (χ1) is 14.0. The number of amides is 1. The number of hydrogen-bond acceptors (Lipinski definition) is 6. The number of rotatable bonds is 9. The first-order valence-electron chi connectivity index (χ1n) is 9.48. The van der Waals surface area contributed by atoms with Crippen molar-refractivity contribution in [2.75, 3.05) is 20.5 Å². The summed E-state index contributed by atoms with van der Waals surface area (Å²) >= 11 is 0. The maximum Gasteiger partial charge on any atom is 0.231 e. The number of ether oxygens (including phenoxy) is 4. The van der Waals surface area contributed by atoms with Gasteiger partial charge in [-0.3, -0.25) is 9.59 Å². The standard InChI is InChI=1S/C22H25NO6/c1-14(16-6-8-19-21(11-16)29-13-28-19)23-22(25)5-4-10-27-18-9-7-17(15(2)24)12-20(18)26-3/h6-9,11-12,14H,4-5,10,13H2,1-3H3,(H,23,25). The van der Waals surface area contributed by atoms with Crippen molar-refractivity contribution >= 4 is 11.7 Å². The van der Waals surface area contributed by atoms with Crippen LogP contribution in [-0.2, 0) is 4.79 Å². The fourth-order valence-electron chi connectivity index (χ4n) is 3.00. The molecule has 1 aliphatic rings. The van der Waals surface area contributed by atoms with E-state index in [4.69, 9.17) is 18.9 Å². The summed E-state index contributed by atoms with van der Waals surface area (Å²) in [5.74, 6) is 2.36. The van der Waals surface area contributed by atoms with Crippen LogP contribution >= 0.6 is 0 Å². The fourth-order valence-corrected chi connectivity index (χ4v) is 3.00. The summed E-state index contributed by atoms with van der Waals surface area (Å²) in [5.41, 5.74) is 1.51. The van der Waals surface area contributed by atoms with Crippen molar-refractivity contribution in [2.24, 2.45) is 0 Å². The maximum atomic E-state index is 12.2. The molecule has 154 valence electrons. The summed E-state index contributed by atoms with van der Waals surface area (Å²) in [6.07, 6.45) is 0.889. The topological polar surface area (TPSA) is 83.1 Å². The van der Waals surface area contributed by atoms with Crippen LogP contribution in [0.4, 0.5) is 0 Å². The number of carbonyl (C=O) groups excluding carboxylic acids is 2. The lowest BCUT2D eigenvalue weighted by molar-refractivity contribution is -0.121. The van der Waals surface area contributed by atoms with E-state index in [1.165, 1.54) is 14.0 Å². The van der Waals surface area contributed by atoms with Gasteiger partial charge in [0.1, 0.15) is 0 Å². The zero-order valence-corrected chi connectivity index (χ0v) is 16.8. The Bertz CT molecular complexity index is 895. The van der Waals surface area contributed by atoms with Gasteiger partial charge in [0.05, 0.1) is 19.8 Å². The number of Topliss-reactive ketones (excluding diaryl/α,β-unsaturated/α-hetero) is 1. The molecular weight excluding hydrogens is 374 g/mol. The molecule has 0 spiro atoms. The minimum atomic E-state index is -0.142. The van der Waals surface area contributed by atoms with Gasteiger partial charge in [-0.25, -0.2) is 0 Å². The van der Waals surface area contributed by atoms with Crippen LogP contribution in [0.3, 0.4) is 0 Å². The average Bonchev–Trinajstić information content (AvgIpc) is 3.18. The van der Waals surface area contributed by atoms with E-state index >= 15 is 0 Å². The summed E-state index contributed by atoms with van der Waals surface area (Å²) in [6.45, 7) is 4.01. The van der Waals surface area contributed by atoms with E-state index in [-0.39, 0.29) is 24.5 Å². The van der Waals surface area contributed by atoms with Gasteiger partial charge in [-0.15, -0.1) is 0 Å². The molecule has 1 atom stereocenters. The lowest BCUT2D eigenvalue weighted by Gasteiger charge is -2.15. The highest BCUT2D eigenvalue weighted by atomic mass is 16.7. The molecule has 1 aliphatic heterocycles. The number of carbonyl (C=O) groups is 2. The van der Waals surface area contributed by atoms with Crippen LogP contribution in [0.25, 0.3) is 0 Å². The largest absolute Gasteiger partial charge is 0.493 e. The first kappa shape index (κ1) is 20.5. The molecule has 0 aromatic heterocycles. The predicted molar refractivity (Wildman–Crippen MR) is 107 cm³/mol. The quantitative estimate of drug-likeness (QED) is 0.512. The van der Waals surface area contributed by atoms with Gasteiger partial charge in [0, 0.05) is 12.0 Å². The molecule has 1 unspecified atom stereocenters. The Balaban J connectivity index is 1.45. The van der Waals surface area contributed by atoms with Gasteiger partial charge < -0.3 is 24.3 Å². The van der Waals surface area contributed by atoms with Crippen LogP contribution in [0.2, 0.25) is 0 Å². The third-order valence-corrected chi connectivity index (χ3v) is 4.65. The van der Waals surface area contributed by atoms with Crippen LogP contribution in [0.1, 0.15) is 48.7 Å². The average molecular weight is 399 g/mol. The van der Waals surface area contributed by atoms with E-state index in [9.17, 15) is 9.59 Å². The second-order valence-electron chi connectivity index (χ2n) is 6.78. The minimum absolute atomic E-state index is 0.0388. The molecule has 3 rings (SSSR count). The van der Waals surface area contributed by atoms with Gasteiger partial charge in [0.25, 0.3) is 0 Å². The molecule has 0 fully saturated rings. The van der Waals surface area contributed by atoms with Gasteiger partial charge in [-0.2, -0.15) is 0 Å². The lowest BCUT2D eigenvalue weighted by atomic mass is 10.1. The molecule has 0 saturated carbocycles. The zero-order chi connectivity index (χ0) is 20.8. The van der Waals surface area contributed by atoms with Crippen molar-refractivity contribution < 1.29 is 28.5 Å². The molecular formula is C22H25NO6. The Kier molecular flexibility index (Phi) is 6.59. The van der Waals surface area contributed by atoms with Crippen molar-refractivity contribution in [1.29, 1.82) is 0 Å². The molecule has 0 radical (unpaired) electrons. The maximum absolute atomic E-state index is 12.2. The van der Waals surface area contributed by atoms with E-state index in [0.29, 0.717) is 42.3 Å². The SMILES string of the molecule is COc1cc(C(C)=O)ccc1OCCCC(=O)NC(C)c1ccc2c(c1)OCO2. The van der Waals surface area contributed by atoms with Gasteiger partial charge in [-0.05, 0) is 56.2 Å². The number of methoxy groups -OCH3 is 1. The van der Waals surface area contributed by atoms with E-state index in [1.807, 2.05) is 25.1 Å². The van der Waals surface area contributed by atoms with Gasteiger partial charge in [0.2, 0.25) is 12.7 Å². The first-order valence-corrected chi connectivity index (χ1v) is 9.48. The van der Waals surface area contributed by atoms with E-state index < -0.39 is 0 Å². The molecule has 0 bridgehead atoms. The van der Waals surface area contributed by atoms with Crippen molar-refractivity contribution in [1.82, 2.24) is 5.32 Å². The number of nitrogens with one attached hydrogen (secondary N) is 1. The van der Waals surface area contributed by atoms with Crippen molar-refractivity contribution in [2.45, 2.75) is 32.7 Å². The van der Waals surface area contributed by atoms with E-state index in [0.717, 1.165) is 11.3 Å². The fraction of sp³-hybridized carbons (Fsp3) is 0.364. The zero-order valence-electron chi connectivity index (χ0n) is 16.8. The van der Waals surface area contributed by atoms with Crippen LogP contribution in [0.15, 0.2) is 36.4 Å². The lowest BCUT2D eigenvalue weighted by Crippen LogP contribution is -2.26. The molecule has 7 nitrogen and oxygen atoms in total. The monoisotopic (exact) mass is 399 g/mol. The van der Waals surface area contributed by atoms with Crippen LogP contribution < -0.4 is 24.3 Å². The molecule has 1 heterocycles. The second kappa shape index (κ2) is 9.32. The molecule has 0 saturated heterocycles. The molecule has 29 heavy (non-hydrogen) atoms. The summed E-state index contributed by atoms with van der Waals surface area (Å²) in [5, 5.41) is 2.98. The normalized spacial score (nSPS) is 12.9. The Labute approximate surface area is 169 Å². The summed E-state index contributed by atoms with van der Waals surface area (Å²) in [4.78, 5) is 23.7. The number of ketones is 1. The van der Waals surface area contributed by atoms with Crippen LogP contribution in [0, 0.1) is 0 Å². The number of hydrogen-bond donors (Lipinski definition) is 1. The molecule has 2 aromatic rings. The third kappa shape index (κ3) is 5.19. The Hall–Kier alpha value is -3.22. The Morgan fingerprint density at radius 2 is 1.90 bits per heavy atom. The Morgan fingerprint density at radius 1 is 1.10 bits per heavy atom. The van der Waals surface area contributed by atoms with Gasteiger partial charge in [0.15, 0.2) is 28.8 Å². The number of fused-ring (bicyclic) bond motifs is 1. The summed E-state index contributed by atoms with van der Waals surface area (Å²) in [6, 6.07) is 10.6. The highest BCUT2D eigenvalue weighted by Crippen LogP contribution is 2.34. The van der Waals surface area contributed by atoms with Crippen molar-refractivity contribution in [3.05, 3.63) is 47.5 Å². The van der Waals surface area contributed by atoms with Crippen LogP contribution in [0.5, 0.6) is 23.0 Å². The number of benzene rings is 2.